The predicted molar refractivity (Wildman–Crippen MR) is 75.1 cm³/mol. The summed E-state index contributed by atoms with van der Waals surface area (Å²) in [6.07, 6.45) is 2.68. The first kappa shape index (κ1) is 15.7. The maximum Gasteiger partial charge on any atom is 0.257 e. The predicted octanol–water partition coefficient (Wildman–Crippen LogP) is 1.69. The molecule has 0 aliphatic rings. The number of aliphatic hydroxyl groups is 1. The van der Waals surface area contributed by atoms with Gasteiger partial charge in [0, 0.05) is 25.3 Å². The third-order valence-electron chi connectivity index (χ3n) is 3.29. The Morgan fingerprint density at radius 3 is 2.74 bits per heavy atom. The van der Waals surface area contributed by atoms with Gasteiger partial charge < -0.3 is 10.0 Å². The molecule has 0 atom stereocenters. The van der Waals surface area contributed by atoms with Crippen molar-refractivity contribution in [2.24, 2.45) is 5.92 Å². The molecular formula is C14H25N3O2. The van der Waals surface area contributed by atoms with Gasteiger partial charge in [0.25, 0.3) is 5.91 Å². The Morgan fingerprint density at radius 2 is 2.21 bits per heavy atom. The van der Waals surface area contributed by atoms with E-state index < -0.39 is 0 Å². The maximum absolute atomic E-state index is 12.3. The fraction of sp³-hybridized carbons (Fsp3) is 0.714. The third kappa shape index (κ3) is 4.06. The molecule has 0 aliphatic heterocycles. The maximum atomic E-state index is 12.3. The molecule has 0 spiro atoms. The van der Waals surface area contributed by atoms with E-state index in [0.717, 1.165) is 18.7 Å². The molecule has 1 heterocycles. The average Bonchev–Trinajstić information content (AvgIpc) is 2.74. The molecule has 1 N–H and O–H groups in total. The zero-order valence-corrected chi connectivity index (χ0v) is 12.4. The average molecular weight is 267 g/mol. The molecule has 0 fully saturated rings. The molecule has 0 unspecified atom stereocenters. The molecule has 1 aromatic rings. The second-order valence-electron chi connectivity index (χ2n) is 5.16. The number of likely N-dealkylation sites (N-methyl/N-ethyl adjacent to an activating group) is 1. The van der Waals surface area contributed by atoms with Crippen LogP contribution in [0.3, 0.4) is 0 Å². The molecule has 0 saturated heterocycles. The lowest BCUT2D eigenvalue weighted by Gasteiger charge is -2.19. The van der Waals surface area contributed by atoms with Gasteiger partial charge in [-0.1, -0.05) is 13.8 Å². The molecule has 1 rings (SSSR count). The van der Waals surface area contributed by atoms with Crippen molar-refractivity contribution >= 4 is 5.91 Å². The van der Waals surface area contributed by atoms with Crippen LogP contribution in [0.1, 0.15) is 43.2 Å². The second kappa shape index (κ2) is 7.28. The molecule has 1 aromatic heterocycles. The largest absolute Gasteiger partial charge is 0.395 e. The third-order valence-corrected chi connectivity index (χ3v) is 3.29. The van der Waals surface area contributed by atoms with Crippen LogP contribution in [-0.2, 0) is 6.54 Å². The highest BCUT2D eigenvalue weighted by Gasteiger charge is 2.19. The van der Waals surface area contributed by atoms with Gasteiger partial charge in [-0.25, -0.2) is 0 Å². The van der Waals surface area contributed by atoms with E-state index >= 15 is 0 Å². The Bertz CT molecular complexity index is 413. The molecular weight excluding hydrogens is 242 g/mol. The lowest BCUT2D eigenvalue weighted by atomic mass is 10.1. The van der Waals surface area contributed by atoms with Crippen LogP contribution < -0.4 is 0 Å². The minimum Gasteiger partial charge on any atom is -0.395 e. The molecule has 108 valence electrons. The SMILES string of the molecule is CCN(CCO)C(=O)c1cnn(CCC(C)C)c1C. The minimum absolute atomic E-state index is 0.0138. The quantitative estimate of drug-likeness (QED) is 0.818. The van der Waals surface area contributed by atoms with Gasteiger partial charge in [0.15, 0.2) is 0 Å². The number of aromatic nitrogens is 2. The van der Waals surface area contributed by atoms with E-state index in [9.17, 15) is 4.79 Å². The fourth-order valence-electron chi connectivity index (χ4n) is 1.96. The van der Waals surface area contributed by atoms with Crippen molar-refractivity contribution in [3.63, 3.8) is 0 Å². The van der Waals surface area contributed by atoms with E-state index in [0.29, 0.717) is 24.6 Å². The Hall–Kier alpha value is -1.36. The van der Waals surface area contributed by atoms with Crippen LogP contribution >= 0.6 is 0 Å². The summed E-state index contributed by atoms with van der Waals surface area (Å²) >= 11 is 0. The first-order valence-corrected chi connectivity index (χ1v) is 6.93. The van der Waals surface area contributed by atoms with Gasteiger partial charge in [-0.2, -0.15) is 5.10 Å². The molecule has 0 bridgehead atoms. The number of aryl methyl sites for hydroxylation is 1. The summed E-state index contributed by atoms with van der Waals surface area (Å²) in [4.78, 5) is 13.9. The number of nitrogens with zero attached hydrogens (tertiary/aromatic N) is 3. The monoisotopic (exact) mass is 267 g/mol. The molecule has 0 saturated carbocycles. The summed E-state index contributed by atoms with van der Waals surface area (Å²) in [5.41, 5.74) is 1.54. The van der Waals surface area contributed by atoms with Gasteiger partial charge in [-0.3, -0.25) is 9.48 Å². The Kier molecular flexibility index (Phi) is 6.02. The first-order valence-electron chi connectivity index (χ1n) is 6.93. The number of rotatable bonds is 7. The van der Waals surface area contributed by atoms with Crippen LogP contribution in [0.2, 0.25) is 0 Å². The summed E-state index contributed by atoms with van der Waals surface area (Å²) in [5, 5.41) is 13.3. The first-order chi connectivity index (χ1) is 9.01. The number of aliphatic hydroxyl groups excluding tert-OH is 1. The zero-order chi connectivity index (χ0) is 14.4. The Balaban J connectivity index is 2.81. The number of amides is 1. The molecule has 5 heteroatoms. The van der Waals surface area contributed by atoms with E-state index in [4.69, 9.17) is 5.11 Å². The van der Waals surface area contributed by atoms with E-state index in [1.165, 1.54) is 0 Å². The highest BCUT2D eigenvalue weighted by atomic mass is 16.3. The number of hydrogen-bond acceptors (Lipinski definition) is 3. The standard InChI is InChI=1S/C14H25N3O2/c1-5-16(8-9-18)14(19)13-10-15-17(12(13)4)7-6-11(2)3/h10-11,18H,5-9H2,1-4H3. The Labute approximate surface area is 115 Å². The van der Waals surface area contributed by atoms with Crippen molar-refractivity contribution in [2.75, 3.05) is 19.7 Å². The van der Waals surface area contributed by atoms with E-state index in [-0.39, 0.29) is 12.5 Å². The number of hydrogen-bond donors (Lipinski definition) is 1. The van der Waals surface area contributed by atoms with Crippen LogP contribution in [0.4, 0.5) is 0 Å². The normalized spacial score (nSPS) is 11.1. The van der Waals surface area contributed by atoms with Crippen LogP contribution in [0.15, 0.2) is 6.20 Å². The van der Waals surface area contributed by atoms with E-state index in [1.807, 2.05) is 18.5 Å². The lowest BCUT2D eigenvalue weighted by Crippen LogP contribution is -2.33. The lowest BCUT2D eigenvalue weighted by molar-refractivity contribution is 0.0731. The van der Waals surface area contributed by atoms with Gasteiger partial charge in [-0.05, 0) is 26.2 Å². The molecule has 0 radical (unpaired) electrons. The molecule has 19 heavy (non-hydrogen) atoms. The highest BCUT2D eigenvalue weighted by Crippen LogP contribution is 2.12. The van der Waals surface area contributed by atoms with Crippen LogP contribution in [0.5, 0.6) is 0 Å². The zero-order valence-electron chi connectivity index (χ0n) is 12.4. The van der Waals surface area contributed by atoms with Crippen LogP contribution in [0, 0.1) is 12.8 Å². The van der Waals surface area contributed by atoms with E-state index in [2.05, 4.69) is 18.9 Å². The van der Waals surface area contributed by atoms with Gasteiger partial charge >= 0.3 is 0 Å². The molecule has 5 nitrogen and oxygen atoms in total. The summed E-state index contributed by atoms with van der Waals surface area (Å²) in [7, 11) is 0. The summed E-state index contributed by atoms with van der Waals surface area (Å²) in [6.45, 7) is 9.96. The van der Waals surface area contributed by atoms with Crippen molar-refractivity contribution in [3.8, 4) is 0 Å². The smallest absolute Gasteiger partial charge is 0.257 e. The fourth-order valence-corrected chi connectivity index (χ4v) is 1.96. The second-order valence-corrected chi connectivity index (χ2v) is 5.16. The summed E-state index contributed by atoms with van der Waals surface area (Å²) in [5.74, 6) is 0.564. The van der Waals surface area contributed by atoms with Crippen LogP contribution in [0.25, 0.3) is 0 Å². The molecule has 1 amide bonds. The highest BCUT2D eigenvalue weighted by molar-refractivity contribution is 5.95. The van der Waals surface area contributed by atoms with Crippen molar-refractivity contribution in [1.82, 2.24) is 14.7 Å². The van der Waals surface area contributed by atoms with Crippen molar-refractivity contribution in [3.05, 3.63) is 17.5 Å². The summed E-state index contributed by atoms with van der Waals surface area (Å²) in [6, 6.07) is 0. The van der Waals surface area contributed by atoms with Gasteiger partial charge in [0.05, 0.1) is 18.4 Å². The van der Waals surface area contributed by atoms with Crippen molar-refractivity contribution in [1.29, 1.82) is 0 Å². The molecule has 0 aliphatic carbocycles. The van der Waals surface area contributed by atoms with Gasteiger partial charge in [-0.15, -0.1) is 0 Å². The van der Waals surface area contributed by atoms with Gasteiger partial charge in [0.2, 0.25) is 0 Å². The topological polar surface area (TPSA) is 58.4 Å². The number of carbonyl (C=O) groups is 1. The Morgan fingerprint density at radius 1 is 1.53 bits per heavy atom. The van der Waals surface area contributed by atoms with E-state index in [1.54, 1.807) is 11.1 Å². The van der Waals surface area contributed by atoms with Gasteiger partial charge in [0.1, 0.15) is 0 Å². The van der Waals surface area contributed by atoms with Crippen molar-refractivity contribution < 1.29 is 9.90 Å². The number of carbonyl (C=O) groups excluding carboxylic acids is 1. The molecule has 0 aromatic carbocycles. The minimum atomic E-state index is -0.0511. The summed E-state index contributed by atoms with van der Waals surface area (Å²) < 4.78 is 1.89. The van der Waals surface area contributed by atoms with Crippen LogP contribution in [-0.4, -0.2) is 45.4 Å². The van der Waals surface area contributed by atoms with Crippen molar-refractivity contribution in [2.45, 2.75) is 40.7 Å².